The number of nitrogens with one attached hydrogen (secondary N) is 3. The molecule has 1 amide bonds. The van der Waals surface area contributed by atoms with Crippen LogP contribution in [0.4, 0.5) is 5.69 Å². The SMILES string of the molecule is CC1CCN(CCOc2ccc(NC(=O)C3CNNC3C)cc2)C1. The van der Waals surface area contributed by atoms with Gasteiger partial charge >= 0.3 is 0 Å². The number of rotatable bonds is 6. The van der Waals surface area contributed by atoms with Crippen molar-refractivity contribution in [2.24, 2.45) is 11.8 Å². The summed E-state index contributed by atoms with van der Waals surface area (Å²) in [5.74, 6) is 1.64. The van der Waals surface area contributed by atoms with Crippen LogP contribution in [0, 0.1) is 11.8 Å². The van der Waals surface area contributed by atoms with E-state index in [0.717, 1.165) is 23.9 Å². The fraction of sp³-hybridized carbons (Fsp3) is 0.611. The monoisotopic (exact) mass is 332 g/mol. The van der Waals surface area contributed by atoms with Gasteiger partial charge in [0.2, 0.25) is 5.91 Å². The Morgan fingerprint density at radius 1 is 1.33 bits per heavy atom. The summed E-state index contributed by atoms with van der Waals surface area (Å²) in [6.45, 7) is 8.99. The number of nitrogens with zero attached hydrogens (tertiary/aromatic N) is 1. The van der Waals surface area contributed by atoms with E-state index in [2.05, 4.69) is 28.0 Å². The number of benzene rings is 1. The molecule has 0 aromatic heterocycles. The Balaban J connectivity index is 1.42. The molecule has 1 aromatic carbocycles. The Labute approximate surface area is 143 Å². The number of anilines is 1. The van der Waals surface area contributed by atoms with Crippen molar-refractivity contribution in [1.29, 1.82) is 0 Å². The molecule has 6 heteroatoms. The largest absolute Gasteiger partial charge is 0.492 e. The Kier molecular flexibility index (Phi) is 5.71. The van der Waals surface area contributed by atoms with E-state index >= 15 is 0 Å². The third-order valence-electron chi connectivity index (χ3n) is 4.90. The molecule has 24 heavy (non-hydrogen) atoms. The lowest BCUT2D eigenvalue weighted by molar-refractivity contribution is -0.119. The van der Waals surface area contributed by atoms with E-state index in [1.54, 1.807) is 0 Å². The number of amides is 1. The molecule has 2 saturated heterocycles. The van der Waals surface area contributed by atoms with Crippen LogP contribution in [0.1, 0.15) is 20.3 Å². The van der Waals surface area contributed by atoms with Crippen molar-refractivity contribution >= 4 is 11.6 Å². The van der Waals surface area contributed by atoms with Gasteiger partial charge in [-0.3, -0.25) is 20.5 Å². The van der Waals surface area contributed by atoms with E-state index < -0.39 is 0 Å². The lowest BCUT2D eigenvalue weighted by Gasteiger charge is -2.16. The van der Waals surface area contributed by atoms with E-state index in [4.69, 9.17) is 4.74 Å². The quantitative estimate of drug-likeness (QED) is 0.736. The summed E-state index contributed by atoms with van der Waals surface area (Å²) in [7, 11) is 0. The molecule has 3 N–H and O–H groups in total. The molecule has 0 radical (unpaired) electrons. The van der Waals surface area contributed by atoms with E-state index in [0.29, 0.717) is 13.2 Å². The number of carbonyl (C=O) groups excluding carboxylic acids is 1. The molecule has 0 aliphatic carbocycles. The third-order valence-corrected chi connectivity index (χ3v) is 4.90. The van der Waals surface area contributed by atoms with E-state index in [9.17, 15) is 4.79 Å². The predicted molar refractivity (Wildman–Crippen MR) is 94.9 cm³/mol. The maximum absolute atomic E-state index is 12.2. The molecule has 0 spiro atoms. The highest BCUT2D eigenvalue weighted by atomic mass is 16.5. The summed E-state index contributed by atoms with van der Waals surface area (Å²) in [6, 6.07) is 7.76. The van der Waals surface area contributed by atoms with Crippen molar-refractivity contribution in [1.82, 2.24) is 15.8 Å². The third kappa shape index (κ3) is 4.47. The maximum atomic E-state index is 12.2. The number of carbonyl (C=O) groups is 1. The van der Waals surface area contributed by atoms with Crippen molar-refractivity contribution in [3.05, 3.63) is 24.3 Å². The Morgan fingerprint density at radius 2 is 2.12 bits per heavy atom. The van der Waals surface area contributed by atoms with Crippen molar-refractivity contribution in [2.75, 3.05) is 38.1 Å². The van der Waals surface area contributed by atoms with Crippen LogP contribution in [0.25, 0.3) is 0 Å². The van der Waals surface area contributed by atoms with Crippen molar-refractivity contribution in [3.63, 3.8) is 0 Å². The van der Waals surface area contributed by atoms with Crippen LogP contribution in [0.15, 0.2) is 24.3 Å². The first kappa shape index (κ1) is 17.2. The highest BCUT2D eigenvalue weighted by Crippen LogP contribution is 2.18. The maximum Gasteiger partial charge on any atom is 0.230 e. The number of hydrogen-bond donors (Lipinski definition) is 3. The number of hydrazine groups is 1. The fourth-order valence-electron chi connectivity index (χ4n) is 3.32. The molecule has 3 atom stereocenters. The number of likely N-dealkylation sites (tertiary alicyclic amines) is 1. The van der Waals surface area contributed by atoms with Gasteiger partial charge in [0.15, 0.2) is 0 Å². The van der Waals surface area contributed by atoms with Gasteiger partial charge in [0, 0.05) is 31.4 Å². The van der Waals surface area contributed by atoms with Gasteiger partial charge in [-0.25, -0.2) is 0 Å². The van der Waals surface area contributed by atoms with Crippen LogP contribution < -0.4 is 20.9 Å². The predicted octanol–water partition coefficient (Wildman–Crippen LogP) is 1.46. The average molecular weight is 332 g/mol. The minimum Gasteiger partial charge on any atom is -0.492 e. The van der Waals surface area contributed by atoms with Crippen LogP contribution in [0.3, 0.4) is 0 Å². The van der Waals surface area contributed by atoms with Crippen LogP contribution in [0.5, 0.6) is 5.75 Å². The molecule has 0 bridgehead atoms. The minimum absolute atomic E-state index is 0.0387. The summed E-state index contributed by atoms with van der Waals surface area (Å²) in [4.78, 5) is 14.7. The topological polar surface area (TPSA) is 65.6 Å². The molecule has 6 nitrogen and oxygen atoms in total. The molecular weight excluding hydrogens is 304 g/mol. The Morgan fingerprint density at radius 3 is 2.75 bits per heavy atom. The van der Waals surface area contributed by atoms with Crippen molar-refractivity contribution in [3.8, 4) is 5.75 Å². The van der Waals surface area contributed by atoms with Gasteiger partial charge in [-0.15, -0.1) is 0 Å². The molecule has 132 valence electrons. The van der Waals surface area contributed by atoms with Crippen LogP contribution in [-0.4, -0.2) is 49.6 Å². The zero-order valence-corrected chi connectivity index (χ0v) is 14.5. The standard InChI is InChI=1S/C18H28N4O2/c1-13-7-8-22(12-13)9-10-24-16-5-3-15(4-6-16)20-18(23)17-11-19-21-14(17)2/h3-6,13-14,17,19,21H,7-12H2,1-2H3,(H,20,23). The van der Waals surface area contributed by atoms with E-state index in [1.807, 2.05) is 31.2 Å². The van der Waals surface area contributed by atoms with Gasteiger partial charge in [-0.2, -0.15) is 0 Å². The summed E-state index contributed by atoms with van der Waals surface area (Å²) < 4.78 is 5.81. The molecular formula is C18H28N4O2. The lowest BCUT2D eigenvalue weighted by Crippen LogP contribution is -2.33. The summed E-state index contributed by atoms with van der Waals surface area (Å²) in [5.41, 5.74) is 6.88. The highest BCUT2D eigenvalue weighted by Gasteiger charge is 2.29. The molecule has 1 aromatic rings. The second kappa shape index (κ2) is 7.96. The molecule has 0 saturated carbocycles. The second-order valence-corrected chi connectivity index (χ2v) is 6.98. The zero-order valence-electron chi connectivity index (χ0n) is 14.5. The molecule has 3 unspecified atom stereocenters. The summed E-state index contributed by atoms with van der Waals surface area (Å²) >= 11 is 0. The fourth-order valence-corrected chi connectivity index (χ4v) is 3.32. The van der Waals surface area contributed by atoms with Gasteiger partial charge in [-0.05, 0) is 50.1 Å². The highest BCUT2D eigenvalue weighted by molar-refractivity contribution is 5.93. The van der Waals surface area contributed by atoms with Crippen LogP contribution in [0.2, 0.25) is 0 Å². The molecule has 2 fully saturated rings. The lowest BCUT2D eigenvalue weighted by atomic mass is 10.0. The van der Waals surface area contributed by atoms with Crippen LogP contribution >= 0.6 is 0 Å². The van der Waals surface area contributed by atoms with E-state index in [1.165, 1.54) is 19.5 Å². The van der Waals surface area contributed by atoms with Crippen LogP contribution in [-0.2, 0) is 4.79 Å². The zero-order chi connectivity index (χ0) is 16.9. The first-order chi connectivity index (χ1) is 11.6. The van der Waals surface area contributed by atoms with Gasteiger partial charge in [-0.1, -0.05) is 6.92 Å². The van der Waals surface area contributed by atoms with Crippen molar-refractivity contribution in [2.45, 2.75) is 26.3 Å². The number of ether oxygens (including phenoxy) is 1. The average Bonchev–Trinajstić information content (AvgIpc) is 3.17. The van der Waals surface area contributed by atoms with Gasteiger partial charge in [0.25, 0.3) is 0 Å². The summed E-state index contributed by atoms with van der Waals surface area (Å²) in [5, 5.41) is 2.96. The first-order valence-corrected chi connectivity index (χ1v) is 8.86. The molecule has 3 rings (SSSR count). The second-order valence-electron chi connectivity index (χ2n) is 6.98. The van der Waals surface area contributed by atoms with Crippen molar-refractivity contribution < 1.29 is 9.53 Å². The van der Waals surface area contributed by atoms with Gasteiger partial charge in [0.05, 0.1) is 5.92 Å². The van der Waals surface area contributed by atoms with E-state index in [-0.39, 0.29) is 17.9 Å². The molecule has 2 aliphatic rings. The normalized spacial score (nSPS) is 27.3. The van der Waals surface area contributed by atoms with Gasteiger partial charge < -0.3 is 10.1 Å². The smallest absolute Gasteiger partial charge is 0.230 e. The molecule has 2 heterocycles. The Bertz CT molecular complexity index is 548. The number of hydrogen-bond acceptors (Lipinski definition) is 5. The molecule has 2 aliphatic heterocycles. The first-order valence-electron chi connectivity index (χ1n) is 8.86. The minimum atomic E-state index is -0.0521. The summed E-state index contributed by atoms with van der Waals surface area (Å²) in [6.07, 6.45) is 1.29. The Hall–Kier alpha value is -1.63. The van der Waals surface area contributed by atoms with Gasteiger partial charge in [0.1, 0.15) is 12.4 Å².